The molecule has 0 aliphatic carbocycles. The number of hydrogen-bond donors (Lipinski definition) is 3. The van der Waals surface area contributed by atoms with E-state index in [0.29, 0.717) is 5.82 Å². The lowest BCUT2D eigenvalue weighted by atomic mass is 9.92. The number of nitrogens with zero attached hydrogens (tertiary/aromatic N) is 2. The number of nitrogens with one attached hydrogen (secondary N) is 2. The highest BCUT2D eigenvalue weighted by atomic mass is 16.3. The summed E-state index contributed by atoms with van der Waals surface area (Å²) in [6.07, 6.45) is 2.32. The average Bonchev–Trinajstić information content (AvgIpc) is 3.39. The molecule has 7 heteroatoms. The van der Waals surface area contributed by atoms with Crippen molar-refractivity contribution < 1.29 is 14.7 Å². The fourth-order valence-corrected chi connectivity index (χ4v) is 4.22. The maximum Gasteiger partial charge on any atom is 0.231 e. The minimum absolute atomic E-state index is 0.136. The third-order valence-corrected chi connectivity index (χ3v) is 5.82. The van der Waals surface area contributed by atoms with Gasteiger partial charge in [-0.2, -0.15) is 0 Å². The summed E-state index contributed by atoms with van der Waals surface area (Å²) >= 11 is 0. The van der Waals surface area contributed by atoms with E-state index in [-0.39, 0.29) is 31.4 Å². The summed E-state index contributed by atoms with van der Waals surface area (Å²) in [6.45, 7) is 2.28. The van der Waals surface area contributed by atoms with E-state index < -0.39 is 11.8 Å². The fourth-order valence-electron chi connectivity index (χ4n) is 4.22. The number of aryl methyl sites for hydroxylation is 1. The molecular formula is C25H28N4O3. The second-order valence-electron chi connectivity index (χ2n) is 8.07. The summed E-state index contributed by atoms with van der Waals surface area (Å²) in [7, 11) is 0. The lowest BCUT2D eigenvalue weighted by molar-refractivity contribution is -0.127. The van der Waals surface area contributed by atoms with Crippen LogP contribution in [0, 0.1) is 11.8 Å². The van der Waals surface area contributed by atoms with Gasteiger partial charge in [0.05, 0.1) is 23.2 Å². The number of aliphatic hydroxyl groups excluding tert-OH is 1. The van der Waals surface area contributed by atoms with Crippen LogP contribution in [0.4, 0.5) is 5.82 Å². The van der Waals surface area contributed by atoms with Crippen molar-refractivity contribution >= 4 is 17.6 Å². The summed E-state index contributed by atoms with van der Waals surface area (Å²) < 4.78 is 1.82. The Bertz CT molecular complexity index is 1090. The van der Waals surface area contributed by atoms with Gasteiger partial charge in [0, 0.05) is 24.8 Å². The second-order valence-corrected chi connectivity index (χ2v) is 8.07. The smallest absolute Gasteiger partial charge is 0.231 e. The predicted octanol–water partition coefficient (Wildman–Crippen LogP) is 3.17. The van der Waals surface area contributed by atoms with Gasteiger partial charge in [-0.15, -0.1) is 5.10 Å². The van der Waals surface area contributed by atoms with Crippen LogP contribution in [-0.4, -0.2) is 39.9 Å². The normalized spacial score (nSPS) is 17.9. The average molecular weight is 433 g/mol. The number of aromatic nitrogens is 2. The van der Waals surface area contributed by atoms with Gasteiger partial charge in [-0.1, -0.05) is 49.7 Å². The molecule has 0 radical (unpaired) electrons. The van der Waals surface area contributed by atoms with E-state index in [4.69, 9.17) is 0 Å². The van der Waals surface area contributed by atoms with Crippen LogP contribution in [0.3, 0.4) is 0 Å². The van der Waals surface area contributed by atoms with Crippen molar-refractivity contribution in [1.29, 1.82) is 0 Å². The van der Waals surface area contributed by atoms with E-state index in [2.05, 4.69) is 34.8 Å². The van der Waals surface area contributed by atoms with Gasteiger partial charge in [-0.05, 0) is 36.6 Å². The van der Waals surface area contributed by atoms with Gasteiger partial charge in [-0.25, -0.2) is 4.68 Å². The Morgan fingerprint density at radius 3 is 2.75 bits per heavy atom. The quantitative estimate of drug-likeness (QED) is 0.509. The molecule has 32 heavy (non-hydrogen) atoms. The van der Waals surface area contributed by atoms with E-state index in [1.54, 1.807) is 0 Å². The zero-order chi connectivity index (χ0) is 22.5. The van der Waals surface area contributed by atoms with Crippen LogP contribution in [-0.2, 0) is 16.0 Å². The first-order chi connectivity index (χ1) is 15.6. The van der Waals surface area contributed by atoms with Crippen LogP contribution in [0.2, 0.25) is 0 Å². The van der Waals surface area contributed by atoms with Crippen LogP contribution in [0.1, 0.15) is 25.3 Å². The number of carbonyl (C=O) groups is 2. The van der Waals surface area contributed by atoms with E-state index >= 15 is 0 Å². The van der Waals surface area contributed by atoms with Crippen LogP contribution < -0.4 is 10.6 Å². The first-order valence-electron chi connectivity index (χ1n) is 11.0. The Kier molecular flexibility index (Phi) is 6.66. The molecule has 2 unspecified atom stereocenters. The summed E-state index contributed by atoms with van der Waals surface area (Å²) in [4.78, 5) is 25.0. The van der Waals surface area contributed by atoms with Gasteiger partial charge in [0.25, 0.3) is 0 Å². The number of benzene rings is 2. The molecule has 1 fully saturated rings. The van der Waals surface area contributed by atoms with E-state index in [1.807, 2.05) is 53.2 Å². The number of amides is 2. The third-order valence-electron chi connectivity index (χ3n) is 5.82. The number of para-hydroxylation sites is 1. The standard InChI is InChI=1S/C25H28N4O3/c1-2-7-17-8-6-9-18(14-17)22-15-23(28-29(22)19-10-4-3-5-11-19)27-25(32)21-16-26-24(31)20(21)12-13-30/h3-6,8-11,14-15,20-21,30H,2,7,12-13,16H2,1H3,(H,26,31)(H,27,28,32). The summed E-state index contributed by atoms with van der Waals surface area (Å²) in [5.41, 5.74) is 4.03. The molecule has 1 saturated heterocycles. The van der Waals surface area contributed by atoms with Crippen molar-refractivity contribution in [2.24, 2.45) is 11.8 Å². The first-order valence-corrected chi connectivity index (χ1v) is 11.0. The van der Waals surface area contributed by atoms with Crippen molar-refractivity contribution in [1.82, 2.24) is 15.1 Å². The summed E-state index contributed by atoms with van der Waals surface area (Å²) in [5, 5.41) is 19.5. The van der Waals surface area contributed by atoms with Crippen molar-refractivity contribution in [3.05, 3.63) is 66.2 Å². The Hall–Kier alpha value is -3.45. The molecule has 0 bridgehead atoms. The monoisotopic (exact) mass is 432 g/mol. The van der Waals surface area contributed by atoms with Crippen LogP contribution in [0.25, 0.3) is 16.9 Å². The molecule has 2 amide bonds. The molecule has 1 aliphatic heterocycles. The highest BCUT2D eigenvalue weighted by Crippen LogP contribution is 2.28. The molecule has 1 aliphatic rings. The Labute approximate surface area is 187 Å². The van der Waals surface area contributed by atoms with Crippen molar-refractivity contribution in [3.63, 3.8) is 0 Å². The number of anilines is 1. The van der Waals surface area contributed by atoms with Gasteiger partial charge in [0.1, 0.15) is 0 Å². The molecule has 0 saturated carbocycles. The zero-order valence-electron chi connectivity index (χ0n) is 18.1. The minimum Gasteiger partial charge on any atom is -0.396 e. The molecule has 1 aromatic heterocycles. The van der Waals surface area contributed by atoms with Crippen molar-refractivity contribution in [3.8, 4) is 16.9 Å². The highest BCUT2D eigenvalue weighted by Gasteiger charge is 2.39. The topological polar surface area (TPSA) is 96.2 Å². The number of aliphatic hydroxyl groups is 1. The number of carbonyl (C=O) groups excluding carboxylic acids is 2. The van der Waals surface area contributed by atoms with Crippen LogP contribution in [0.15, 0.2) is 60.7 Å². The molecule has 166 valence electrons. The number of hydrogen-bond acceptors (Lipinski definition) is 4. The third kappa shape index (κ3) is 4.57. The molecule has 2 atom stereocenters. The Morgan fingerprint density at radius 1 is 1.19 bits per heavy atom. The first kappa shape index (κ1) is 21.8. The molecule has 2 aromatic carbocycles. The van der Waals surface area contributed by atoms with Crippen molar-refractivity contribution in [2.45, 2.75) is 26.2 Å². The Balaban J connectivity index is 1.66. The molecular weight excluding hydrogens is 404 g/mol. The number of rotatable bonds is 8. The lowest BCUT2D eigenvalue weighted by Gasteiger charge is -2.14. The summed E-state index contributed by atoms with van der Waals surface area (Å²) in [6, 6.07) is 20.0. The molecule has 4 rings (SSSR count). The minimum atomic E-state index is -0.534. The Morgan fingerprint density at radius 2 is 2.00 bits per heavy atom. The zero-order valence-corrected chi connectivity index (χ0v) is 18.1. The highest BCUT2D eigenvalue weighted by molar-refractivity contribution is 5.98. The van der Waals surface area contributed by atoms with Gasteiger partial charge in [0.15, 0.2) is 5.82 Å². The van der Waals surface area contributed by atoms with Crippen molar-refractivity contribution in [2.75, 3.05) is 18.5 Å². The van der Waals surface area contributed by atoms with Crippen LogP contribution >= 0.6 is 0 Å². The maximum atomic E-state index is 12.9. The van der Waals surface area contributed by atoms with E-state index in [0.717, 1.165) is 29.8 Å². The van der Waals surface area contributed by atoms with Gasteiger partial charge >= 0.3 is 0 Å². The van der Waals surface area contributed by atoms with E-state index in [1.165, 1.54) is 5.56 Å². The molecule has 3 N–H and O–H groups in total. The van der Waals surface area contributed by atoms with E-state index in [9.17, 15) is 14.7 Å². The lowest BCUT2D eigenvalue weighted by Crippen LogP contribution is -2.30. The SMILES string of the molecule is CCCc1cccc(-c2cc(NC(=O)C3CNC(=O)C3CCO)nn2-c2ccccc2)c1. The largest absolute Gasteiger partial charge is 0.396 e. The fraction of sp³-hybridized carbons (Fsp3) is 0.320. The molecule has 0 spiro atoms. The molecule has 2 heterocycles. The summed E-state index contributed by atoms with van der Waals surface area (Å²) in [5.74, 6) is -1.10. The predicted molar refractivity (Wildman–Crippen MR) is 123 cm³/mol. The molecule has 3 aromatic rings. The van der Waals surface area contributed by atoms with Gasteiger partial charge in [0.2, 0.25) is 11.8 Å². The van der Waals surface area contributed by atoms with Gasteiger partial charge < -0.3 is 15.7 Å². The molecule has 7 nitrogen and oxygen atoms in total. The van der Waals surface area contributed by atoms with Gasteiger partial charge in [-0.3, -0.25) is 9.59 Å². The second kappa shape index (κ2) is 9.78. The van der Waals surface area contributed by atoms with Crippen LogP contribution in [0.5, 0.6) is 0 Å². The maximum absolute atomic E-state index is 12.9.